The van der Waals surface area contributed by atoms with Crippen molar-refractivity contribution in [3.8, 4) is 0 Å². The van der Waals surface area contributed by atoms with Crippen LogP contribution in [-0.2, 0) is 0 Å². The average Bonchev–Trinajstić information content (AvgIpc) is 2.54. The highest BCUT2D eigenvalue weighted by Gasteiger charge is 2.21. The van der Waals surface area contributed by atoms with Gasteiger partial charge < -0.3 is 10.4 Å². The van der Waals surface area contributed by atoms with Gasteiger partial charge in [-0.05, 0) is 23.8 Å². The summed E-state index contributed by atoms with van der Waals surface area (Å²) in [5.74, 6) is -1.07. The first-order valence-electron chi connectivity index (χ1n) is 6.83. The van der Waals surface area contributed by atoms with Crippen LogP contribution < -0.4 is 10.2 Å². The highest BCUT2D eigenvalue weighted by atomic mass is 16.4. The first-order valence-corrected chi connectivity index (χ1v) is 6.83. The van der Waals surface area contributed by atoms with Crippen molar-refractivity contribution in [1.29, 1.82) is 0 Å². The van der Waals surface area contributed by atoms with Crippen molar-refractivity contribution < 1.29 is 14.7 Å². The van der Waals surface area contributed by atoms with Crippen LogP contribution >= 0.6 is 0 Å². The number of benzene rings is 2. The van der Waals surface area contributed by atoms with Gasteiger partial charge in [-0.15, -0.1) is 0 Å². The Labute approximate surface area is 127 Å². The van der Waals surface area contributed by atoms with Gasteiger partial charge in [0.15, 0.2) is 0 Å². The molecule has 1 heterocycles. The standard InChI is InChI=1S/C17H14N2O3/c20-16(21)13-8-2-3-9-14(13)18-17(22)19-11-5-7-12-6-1-4-10-15(12)19/h1-10H,11H2,(H,18,22)(H,20,21). The fraction of sp³-hybridized carbons (Fsp3) is 0.0588. The molecule has 0 aromatic heterocycles. The quantitative estimate of drug-likeness (QED) is 0.891. The van der Waals surface area contributed by atoms with Gasteiger partial charge in [0.1, 0.15) is 0 Å². The lowest BCUT2D eigenvalue weighted by Gasteiger charge is -2.26. The molecule has 22 heavy (non-hydrogen) atoms. The summed E-state index contributed by atoms with van der Waals surface area (Å²) in [6, 6.07) is 13.6. The molecule has 2 aromatic rings. The molecule has 0 unspecified atom stereocenters. The molecule has 2 amide bonds. The summed E-state index contributed by atoms with van der Waals surface area (Å²) in [6.07, 6.45) is 3.86. The fourth-order valence-corrected chi connectivity index (χ4v) is 2.41. The lowest BCUT2D eigenvalue weighted by Crippen LogP contribution is -2.37. The first-order chi connectivity index (χ1) is 10.7. The lowest BCUT2D eigenvalue weighted by molar-refractivity contribution is 0.0698. The molecule has 0 fully saturated rings. The second-order valence-electron chi connectivity index (χ2n) is 4.85. The van der Waals surface area contributed by atoms with Crippen molar-refractivity contribution in [3.63, 3.8) is 0 Å². The molecule has 0 radical (unpaired) electrons. The van der Waals surface area contributed by atoms with Gasteiger partial charge in [-0.1, -0.05) is 42.5 Å². The van der Waals surface area contributed by atoms with Crippen LogP contribution in [0.25, 0.3) is 6.08 Å². The zero-order valence-corrected chi connectivity index (χ0v) is 11.7. The molecule has 5 nitrogen and oxygen atoms in total. The molecule has 0 spiro atoms. The lowest BCUT2D eigenvalue weighted by atomic mass is 10.1. The summed E-state index contributed by atoms with van der Waals surface area (Å²) < 4.78 is 0. The van der Waals surface area contributed by atoms with E-state index in [1.54, 1.807) is 23.1 Å². The summed E-state index contributed by atoms with van der Waals surface area (Å²) in [5, 5.41) is 11.8. The number of hydrogen-bond donors (Lipinski definition) is 2. The normalized spacial score (nSPS) is 12.6. The highest BCUT2D eigenvalue weighted by Crippen LogP contribution is 2.26. The van der Waals surface area contributed by atoms with Gasteiger partial charge in [0.25, 0.3) is 0 Å². The third kappa shape index (κ3) is 2.56. The van der Waals surface area contributed by atoms with Crippen molar-refractivity contribution in [2.45, 2.75) is 0 Å². The van der Waals surface area contributed by atoms with Gasteiger partial charge >= 0.3 is 12.0 Å². The van der Waals surface area contributed by atoms with Crippen LogP contribution in [-0.4, -0.2) is 23.7 Å². The number of amides is 2. The number of carboxylic acids is 1. The Bertz CT molecular complexity index is 768. The van der Waals surface area contributed by atoms with Crippen molar-refractivity contribution in [1.82, 2.24) is 0 Å². The topological polar surface area (TPSA) is 69.6 Å². The third-order valence-corrected chi connectivity index (χ3v) is 3.46. The SMILES string of the molecule is O=C(O)c1ccccc1NC(=O)N1CC=Cc2ccccc21. The van der Waals surface area contributed by atoms with Crippen LogP contribution in [0.15, 0.2) is 54.6 Å². The molecule has 0 bridgehead atoms. The molecule has 2 aromatic carbocycles. The van der Waals surface area contributed by atoms with E-state index in [0.29, 0.717) is 6.54 Å². The Balaban J connectivity index is 1.88. The molecule has 3 rings (SSSR count). The van der Waals surface area contributed by atoms with Crippen molar-refractivity contribution in [2.75, 3.05) is 16.8 Å². The number of fused-ring (bicyclic) bond motifs is 1. The summed E-state index contributed by atoms with van der Waals surface area (Å²) >= 11 is 0. The number of hydrogen-bond acceptors (Lipinski definition) is 2. The summed E-state index contributed by atoms with van der Waals surface area (Å²) in [5.41, 5.74) is 2.11. The predicted octanol–water partition coefficient (Wildman–Crippen LogP) is 3.45. The van der Waals surface area contributed by atoms with Crippen LogP contribution in [0, 0.1) is 0 Å². The van der Waals surface area contributed by atoms with Gasteiger partial charge in [0.05, 0.1) is 16.9 Å². The first kappa shape index (κ1) is 13.9. The van der Waals surface area contributed by atoms with Crippen molar-refractivity contribution in [3.05, 3.63) is 65.7 Å². The Morgan fingerprint density at radius 1 is 1.05 bits per heavy atom. The fourth-order valence-electron chi connectivity index (χ4n) is 2.41. The Morgan fingerprint density at radius 3 is 2.59 bits per heavy atom. The zero-order chi connectivity index (χ0) is 15.5. The summed E-state index contributed by atoms with van der Waals surface area (Å²) in [7, 11) is 0. The maximum absolute atomic E-state index is 12.5. The highest BCUT2D eigenvalue weighted by molar-refractivity contribution is 6.07. The molecule has 0 saturated carbocycles. The Kier molecular flexibility index (Phi) is 3.62. The monoisotopic (exact) mass is 294 g/mol. The van der Waals surface area contributed by atoms with Crippen LogP contribution in [0.3, 0.4) is 0 Å². The Morgan fingerprint density at radius 2 is 1.77 bits per heavy atom. The minimum absolute atomic E-state index is 0.0664. The number of carbonyl (C=O) groups is 2. The second kappa shape index (κ2) is 5.73. The third-order valence-electron chi connectivity index (χ3n) is 3.46. The van der Waals surface area contributed by atoms with E-state index in [1.165, 1.54) is 6.07 Å². The van der Waals surface area contributed by atoms with E-state index in [-0.39, 0.29) is 17.3 Å². The molecule has 110 valence electrons. The van der Waals surface area contributed by atoms with E-state index < -0.39 is 5.97 Å². The molecular formula is C17H14N2O3. The van der Waals surface area contributed by atoms with Gasteiger partial charge in [0.2, 0.25) is 0 Å². The predicted molar refractivity (Wildman–Crippen MR) is 85.2 cm³/mol. The maximum atomic E-state index is 12.5. The van der Waals surface area contributed by atoms with E-state index in [9.17, 15) is 14.7 Å². The van der Waals surface area contributed by atoms with Crippen molar-refractivity contribution >= 4 is 29.5 Å². The number of urea groups is 1. The molecule has 2 N–H and O–H groups in total. The number of nitrogens with zero attached hydrogens (tertiary/aromatic N) is 1. The molecule has 0 saturated heterocycles. The van der Waals surface area contributed by atoms with Crippen LogP contribution in [0.4, 0.5) is 16.2 Å². The number of rotatable bonds is 2. The van der Waals surface area contributed by atoms with Crippen molar-refractivity contribution in [2.24, 2.45) is 0 Å². The van der Waals surface area contributed by atoms with Gasteiger partial charge in [-0.2, -0.15) is 0 Å². The van der Waals surface area contributed by atoms with Gasteiger partial charge in [-0.25, -0.2) is 9.59 Å². The molecule has 0 aliphatic carbocycles. The summed E-state index contributed by atoms with van der Waals surface area (Å²) in [4.78, 5) is 25.3. The Hall–Kier alpha value is -3.08. The zero-order valence-electron chi connectivity index (χ0n) is 11.7. The minimum atomic E-state index is -1.07. The minimum Gasteiger partial charge on any atom is -0.478 e. The van der Waals surface area contributed by atoms with E-state index in [4.69, 9.17) is 0 Å². The van der Waals surface area contributed by atoms with E-state index in [1.807, 2.05) is 36.4 Å². The second-order valence-corrected chi connectivity index (χ2v) is 4.85. The largest absolute Gasteiger partial charge is 0.478 e. The average molecular weight is 294 g/mol. The molecule has 1 aliphatic rings. The maximum Gasteiger partial charge on any atom is 0.337 e. The number of carbonyl (C=O) groups excluding carboxylic acids is 1. The van der Waals surface area contributed by atoms with Crippen LogP contribution in [0.1, 0.15) is 15.9 Å². The van der Waals surface area contributed by atoms with Gasteiger partial charge in [-0.3, -0.25) is 4.90 Å². The number of nitrogens with one attached hydrogen (secondary N) is 1. The number of para-hydroxylation sites is 2. The number of carboxylic acid groups (broad SMARTS) is 1. The van der Waals surface area contributed by atoms with E-state index >= 15 is 0 Å². The molecule has 1 aliphatic heterocycles. The molecule has 0 atom stereocenters. The van der Waals surface area contributed by atoms with E-state index in [0.717, 1.165) is 11.3 Å². The van der Waals surface area contributed by atoms with Crippen LogP contribution in [0.5, 0.6) is 0 Å². The summed E-state index contributed by atoms with van der Waals surface area (Å²) in [6.45, 7) is 0.443. The molecular weight excluding hydrogens is 280 g/mol. The van der Waals surface area contributed by atoms with E-state index in [2.05, 4.69) is 5.32 Å². The van der Waals surface area contributed by atoms with Crippen LogP contribution in [0.2, 0.25) is 0 Å². The smallest absolute Gasteiger partial charge is 0.337 e. The number of anilines is 2. The number of aromatic carboxylic acids is 1. The van der Waals surface area contributed by atoms with Gasteiger partial charge in [0, 0.05) is 6.54 Å². The molecule has 5 heteroatoms.